The van der Waals surface area contributed by atoms with Crippen LogP contribution in [0, 0.1) is 0 Å². The second-order valence-electron chi connectivity index (χ2n) is 6.10. The van der Waals surface area contributed by atoms with Gasteiger partial charge in [0.25, 0.3) is 0 Å². The van der Waals surface area contributed by atoms with Gasteiger partial charge in [0.15, 0.2) is 5.78 Å². The highest BCUT2D eigenvalue weighted by molar-refractivity contribution is 6.27. The SMILES string of the molecule is COc1cc(OC)c2c(c1)OC1(CCN(C(=O)CCl)CC1)CC2=O. The number of alkyl halides is 1. The fraction of sp³-hybridized carbons (Fsp3) is 0.529. The molecule has 0 unspecified atom stereocenters. The maximum atomic E-state index is 12.7. The maximum Gasteiger partial charge on any atom is 0.237 e. The lowest BCUT2D eigenvalue weighted by molar-refractivity contribution is -0.132. The summed E-state index contributed by atoms with van der Waals surface area (Å²) >= 11 is 5.62. The second kappa shape index (κ2) is 6.51. The Morgan fingerprint density at radius 3 is 2.58 bits per heavy atom. The van der Waals surface area contributed by atoms with Gasteiger partial charge in [0.2, 0.25) is 5.91 Å². The molecule has 0 aliphatic carbocycles. The van der Waals surface area contributed by atoms with Gasteiger partial charge in [-0.25, -0.2) is 0 Å². The van der Waals surface area contributed by atoms with Crippen LogP contribution in [0.2, 0.25) is 0 Å². The number of likely N-dealkylation sites (tertiary alicyclic amines) is 1. The summed E-state index contributed by atoms with van der Waals surface area (Å²) in [7, 11) is 3.07. The molecular formula is C17H20ClNO5. The number of ketones is 1. The van der Waals surface area contributed by atoms with Gasteiger partial charge < -0.3 is 19.1 Å². The van der Waals surface area contributed by atoms with E-state index in [1.54, 1.807) is 24.1 Å². The van der Waals surface area contributed by atoms with Crippen LogP contribution in [-0.4, -0.2) is 55.4 Å². The lowest BCUT2D eigenvalue weighted by atomic mass is 9.82. The lowest BCUT2D eigenvalue weighted by Crippen LogP contribution is -2.52. The molecule has 0 saturated carbocycles. The van der Waals surface area contributed by atoms with Gasteiger partial charge in [0.1, 0.15) is 34.3 Å². The van der Waals surface area contributed by atoms with Gasteiger partial charge in [-0.3, -0.25) is 9.59 Å². The van der Waals surface area contributed by atoms with Crippen molar-refractivity contribution in [3.8, 4) is 17.2 Å². The van der Waals surface area contributed by atoms with Crippen molar-refractivity contribution in [3.05, 3.63) is 17.7 Å². The molecule has 1 aromatic rings. The van der Waals surface area contributed by atoms with Gasteiger partial charge in [0, 0.05) is 38.1 Å². The third-order valence-corrected chi connectivity index (χ3v) is 4.95. The average Bonchev–Trinajstić information content (AvgIpc) is 2.60. The zero-order valence-corrected chi connectivity index (χ0v) is 14.5. The number of carbonyl (C=O) groups excluding carboxylic acids is 2. The van der Waals surface area contributed by atoms with Crippen LogP contribution in [-0.2, 0) is 4.79 Å². The normalized spacial score (nSPS) is 18.8. The van der Waals surface area contributed by atoms with Crippen molar-refractivity contribution in [2.45, 2.75) is 24.9 Å². The molecule has 0 atom stereocenters. The highest BCUT2D eigenvalue weighted by atomic mass is 35.5. The van der Waals surface area contributed by atoms with E-state index in [2.05, 4.69) is 0 Å². The van der Waals surface area contributed by atoms with Crippen LogP contribution in [0.1, 0.15) is 29.6 Å². The molecule has 2 aliphatic heterocycles. The molecule has 1 saturated heterocycles. The van der Waals surface area contributed by atoms with Crippen LogP contribution in [0.25, 0.3) is 0 Å². The number of rotatable bonds is 3. The first-order chi connectivity index (χ1) is 11.5. The number of amides is 1. The minimum Gasteiger partial charge on any atom is -0.496 e. The van der Waals surface area contributed by atoms with Gasteiger partial charge in [0.05, 0.1) is 20.6 Å². The number of piperidine rings is 1. The van der Waals surface area contributed by atoms with E-state index in [1.807, 2.05) is 0 Å². The highest BCUT2D eigenvalue weighted by Gasteiger charge is 2.44. The van der Waals surface area contributed by atoms with E-state index in [4.69, 9.17) is 25.8 Å². The molecular weight excluding hydrogens is 334 g/mol. The Labute approximate surface area is 145 Å². The molecule has 2 heterocycles. The number of hydrogen-bond donors (Lipinski definition) is 0. The molecule has 1 fully saturated rings. The third-order valence-electron chi connectivity index (χ3n) is 4.72. The van der Waals surface area contributed by atoms with Crippen LogP contribution in [0.4, 0.5) is 0 Å². The van der Waals surface area contributed by atoms with Crippen LogP contribution >= 0.6 is 11.6 Å². The van der Waals surface area contributed by atoms with Crippen LogP contribution in [0.3, 0.4) is 0 Å². The molecule has 0 aromatic heterocycles. The van der Waals surface area contributed by atoms with E-state index in [0.717, 1.165) is 0 Å². The lowest BCUT2D eigenvalue weighted by Gasteiger charge is -2.44. The summed E-state index contributed by atoms with van der Waals surface area (Å²) in [5.74, 6) is 1.40. The number of methoxy groups -OCH3 is 2. The number of nitrogens with zero attached hydrogens (tertiary/aromatic N) is 1. The summed E-state index contributed by atoms with van der Waals surface area (Å²) in [5.41, 5.74) is -0.118. The molecule has 1 aromatic carbocycles. The first kappa shape index (κ1) is 16.9. The highest BCUT2D eigenvalue weighted by Crippen LogP contribution is 2.44. The van der Waals surface area contributed by atoms with Gasteiger partial charge >= 0.3 is 0 Å². The van der Waals surface area contributed by atoms with Crippen molar-refractivity contribution in [1.82, 2.24) is 4.90 Å². The first-order valence-corrected chi connectivity index (χ1v) is 8.37. The van der Waals surface area contributed by atoms with Gasteiger partial charge in [-0.2, -0.15) is 0 Å². The number of hydrogen-bond acceptors (Lipinski definition) is 5. The van der Waals surface area contributed by atoms with Crippen molar-refractivity contribution >= 4 is 23.3 Å². The van der Waals surface area contributed by atoms with Crippen molar-refractivity contribution in [2.75, 3.05) is 33.2 Å². The molecule has 1 amide bonds. The van der Waals surface area contributed by atoms with Crippen LogP contribution in [0.15, 0.2) is 12.1 Å². The quantitative estimate of drug-likeness (QED) is 0.780. The van der Waals surface area contributed by atoms with Crippen molar-refractivity contribution in [2.24, 2.45) is 0 Å². The summed E-state index contributed by atoms with van der Waals surface area (Å²) in [5, 5.41) is 0. The average molecular weight is 354 g/mol. The number of benzene rings is 1. The minimum atomic E-state index is -0.579. The van der Waals surface area contributed by atoms with Gasteiger partial charge in [-0.15, -0.1) is 11.6 Å². The van der Waals surface area contributed by atoms with E-state index in [9.17, 15) is 9.59 Å². The molecule has 0 N–H and O–H groups in total. The summed E-state index contributed by atoms with van der Waals surface area (Å²) in [4.78, 5) is 26.1. The van der Waals surface area contributed by atoms with Crippen LogP contribution in [0.5, 0.6) is 17.2 Å². The Hall–Kier alpha value is -1.95. The number of halogens is 1. The molecule has 130 valence electrons. The minimum absolute atomic E-state index is 0.00660. The first-order valence-electron chi connectivity index (χ1n) is 7.84. The monoisotopic (exact) mass is 353 g/mol. The van der Waals surface area contributed by atoms with Crippen molar-refractivity contribution < 1.29 is 23.8 Å². The molecule has 0 radical (unpaired) electrons. The summed E-state index contributed by atoms with van der Waals surface area (Å²) < 4.78 is 16.8. The van der Waals surface area contributed by atoms with Crippen molar-refractivity contribution in [1.29, 1.82) is 0 Å². The molecule has 7 heteroatoms. The fourth-order valence-corrected chi connectivity index (χ4v) is 3.55. The second-order valence-corrected chi connectivity index (χ2v) is 6.37. The standard InChI is InChI=1S/C17H20ClNO5/c1-22-11-7-13(23-2)16-12(20)9-17(24-14(16)8-11)3-5-19(6-4-17)15(21)10-18/h7-8H,3-6,9-10H2,1-2H3. The summed E-state index contributed by atoms with van der Waals surface area (Å²) in [6, 6.07) is 3.40. The van der Waals surface area contributed by atoms with E-state index in [-0.39, 0.29) is 24.0 Å². The number of ether oxygens (including phenoxy) is 3. The Balaban J connectivity index is 1.87. The Morgan fingerprint density at radius 2 is 2.00 bits per heavy atom. The number of Topliss-reactive ketones (excluding diaryl/α,β-unsaturated/α-hetero) is 1. The van der Waals surface area contributed by atoms with Gasteiger partial charge in [-0.1, -0.05) is 0 Å². The number of carbonyl (C=O) groups is 2. The Morgan fingerprint density at radius 1 is 1.29 bits per heavy atom. The van der Waals surface area contributed by atoms with E-state index in [1.165, 1.54) is 7.11 Å². The predicted octanol–water partition coefficient (Wildman–Crippen LogP) is 2.27. The maximum absolute atomic E-state index is 12.7. The zero-order chi connectivity index (χ0) is 17.3. The molecule has 6 nitrogen and oxygen atoms in total. The van der Waals surface area contributed by atoms with E-state index in [0.29, 0.717) is 48.7 Å². The molecule has 1 spiro atoms. The number of fused-ring (bicyclic) bond motifs is 1. The van der Waals surface area contributed by atoms with Crippen LogP contribution < -0.4 is 14.2 Å². The third kappa shape index (κ3) is 2.90. The largest absolute Gasteiger partial charge is 0.496 e. The molecule has 2 aliphatic rings. The molecule has 0 bridgehead atoms. The molecule has 3 rings (SSSR count). The smallest absolute Gasteiger partial charge is 0.237 e. The van der Waals surface area contributed by atoms with Crippen molar-refractivity contribution in [3.63, 3.8) is 0 Å². The molecule has 24 heavy (non-hydrogen) atoms. The Kier molecular flexibility index (Phi) is 4.58. The summed E-state index contributed by atoms with van der Waals surface area (Å²) in [6.07, 6.45) is 1.48. The van der Waals surface area contributed by atoms with E-state index < -0.39 is 5.60 Å². The van der Waals surface area contributed by atoms with Gasteiger partial charge in [-0.05, 0) is 0 Å². The summed E-state index contributed by atoms with van der Waals surface area (Å²) in [6.45, 7) is 1.07. The zero-order valence-electron chi connectivity index (χ0n) is 13.8. The topological polar surface area (TPSA) is 65.1 Å². The Bertz CT molecular complexity index is 667. The predicted molar refractivity (Wildman–Crippen MR) is 88.4 cm³/mol. The van der Waals surface area contributed by atoms with E-state index >= 15 is 0 Å². The fourth-order valence-electron chi connectivity index (χ4n) is 3.38.